The fraction of sp³-hybridized carbons (Fsp3) is 0.143. The number of alkyl halides is 1. The second-order valence-electron chi connectivity index (χ2n) is 4.00. The molecule has 2 aromatic carbocycles. The Labute approximate surface area is 127 Å². The Morgan fingerprint density at radius 2 is 1.89 bits per heavy atom. The summed E-state index contributed by atoms with van der Waals surface area (Å²) in [5.41, 5.74) is 1.08. The zero-order valence-corrected chi connectivity index (χ0v) is 13.0. The smallest absolute Gasteiger partial charge is 0.231 e. The summed E-state index contributed by atoms with van der Waals surface area (Å²) in [7, 11) is 0. The molecule has 0 saturated carbocycles. The van der Waals surface area contributed by atoms with E-state index in [1.165, 1.54) is 0 Å². The van der Waals surface area contributed by atoms with Crippen molar-refractivity contribution in [1.82, 2.24) is 0 Å². The van der Waals surface area contributed by atoms with Gasteiger partial charge in [-0.05, 0) is 30.3 Å². The van der Waals surface area contributed by atoms with E-state index in [0.717, 1.165) is 38.4 Å². The molecule has 0 aliphatic carbocycles. The first-order chi connectivity index (χ1) is 9.26. The minimum atomic E-state index is 0.268. The van der Waals surface area contributed by atoms with Crippen molar-refractivity contribution in [3.8, 4) is 23.0 Å². The Bertz CT molecular complexity index is 614. The third-order valence-corrected chi connectivity index (χ3v) is 3.84. The molecule has 1 aliphatic rings. The summed E-state index contributed by atoms with van der Waals surface area (Å²) in [6, 6.07) is 11.5. The molecule has 3 nitrogen and oxygen atoms in total. The van der Waals surface area contributed by atoms with Crippen LogP contribution in [0.15, 0.2) is 40.9 Å². The normalized spacial score (nSPS) is 12.5. The van der Waals surface area contributed by atoms with E-state index in [0.29, 0.717) is 0 Å². The lowest BCUT2D eigenvalue weighted by molar-refractivity contribution is 0.174. The quantitative estimate of drug-likeness (QED) is 0.705. The molecule has 0 radical (unpaired) electrons. The van der Waals surface area contributed by atoms with Crippen molar-refractivity contribution in [1.29, 1.82) is 0 Å². The highest BCUT2D eigenvalue weighted by molar-refractivity contribution is 9.10. The maximum absolute atomic E-state index is 5.89. The van der Waals surface area contributed by atoms with E-state index in [1.54, 1.807) is 0 Å². The number of benzene rings is 2. The SMILES string of the molecule is BrCc1cc(Br)ccc1Oc1ccc2c(c1)OCO2. The van der Waals surface area contributed by atoms with Crippen LogP contribution in [0.25, 0.3) is 0 Å². The van der Waals surface area contributed by atoms with Crippen molar-refractivity contribution < 1.29 is 14.2 Å². The van der Waals surface area contributed by atoms with E-state index in [9.17, 15) is 0 Å². The summed E-state index contributed by atoms with van der Waals surface area (Å²) in [4.78, 5) is 0. The van der Waals surface area contributed by atoms with Gasteiger partial charge in [0.25, 0.3) is 0 Å². The molecule has 0 fully saturated rings. The number of hydrogen-bond acceptors (Lipinski definition) is 3. The van der Waals surface area contributed by atoms with Gasteiger partial charge in [0.05, 0.1) is 0 Å². The van der Waals surface area contributed by atoms with Crippen LogP contribution >= 0.6 is 31.9 Å². The van der Waals surface area contributed by atoms with Crippen molar-refractivity contribution >= 4 is 31.9 Å². The Hall–Kier alpha value is -1.20. The third kappa shape index (κ3) is 2.72. The fourth-order valence-electron chi connectivity index (χ4n) is 1.82. The summed E-state index contributed by atoms with van der Waals surface area (Å²) in [6.45, 7) is 0.268. The first kappa shape index (κ1) is 12.8. The van der Waals surface area contributed by atoms with E-state index < -0.39 is 0 Å². The van der Waals surface area contributed by atoms with Crippen LogP contribution in [-0.4, -0.2) is 6.79 Å². The molecule has 0 atom stereocenters. The first-order valence-corrected chi connectivity index (χ1v) is 7.59. The van der Waals surface area contributed by atoms with Gasteiger partial charge in [0, 0.05) is 21.4 Å². The lowest BCUT2D eigenvalue weighted by Crippen LogP contribution is -1.93. The molecule has 98 valence electrons. The van der Waals surface area contributed by atoms with Crippen LogP contribution in [0.5, 0.6) is 23.0 Å². The van der Waals surface area contributed by atoms with E-state index in [2.05, 4.69) is 31.9 Å². The largest absolute Gasteiger partial charge is 0.457 e. The molecule has 2 aromatic rings. The third-order valence-electron chi connectivity index (χ3n) is 2.74. The molecule has 1 aliphatic heterocycles. The van der Waals surface area contributed by atoms with E-state index in [1.807, 2.05) is 36.4 Å². The number of rotatable bonds is 3. The summed E-state index contributed by atoms with van der Waals surface area (Å²) in [5.74, 6) is 3.02. The average molecular weight is 386 g/mol. The molecule has 0 bridgehead atoms. The van der Waals surface area contributed by atoms with Gasteiger partial charge in [0.15, 0.2) is 11.5 Å². The average Bonchev–Trinajstić information content (AvgIpc) is 2.88. The Balaban J connectivity index is 1.89. The maximum atomic E-state index is 5.89. The number of halogens is 2. The molecule has 3 rings (SSSR count). The Kier molecular flexibility index (Phi) is 3.66. The molecule has 0 unspecified atom stereocenters. The summed E-state index contributed by atoms with van der Waals surface area (Å²) < 4.78 is 17.5. The van der Waals surface area contributed by atoms with Crippen LogP contribution in [0.1, 0.15) is 5.56 Å². The molecule has 5 heteroatoms. The number of ether oxygens (including phenoxy) is 3. The van der Waals surface area contributed by atoms with Gasteiger partial charge in [-0.25, -0.2) is 0 Å². The van der Waals surface area contributed by atoms with Crippen molar-refractivity contribution in [2.24, 2.45) is 0 Å². The van der Waals surface area contributed by atoms with Crippen molar-refractivity contribution in [3.63, 3.8) is 0 Å². The van der Waals surface area contributed by atoms with Gasteiger partial charge in [-0.1, -0.05) is 31.9 Å². The molecule has 0 saturated heterocycles. The zero-order chi connectivity index (χ0) is 13.2. The van der Waals surface area contributed by atoms with Gasteiger partial charge >= 0.3 is 0 Å². The molecule has 19 heavy (non-hydrogen) atoms. The molecule has 0 N–H and O–H groups in total. The van der Waals surface area contributed by atoms with Crippen LogP contribution in [-0.2, 0) is 5.33 Å². The molecule has 0 amide bonds. The van der Waals surface area contributed by atoms with Gasteiger partial charge in [0.1, 0.15) is 11.5 Å². The van der Waals surface area contributed by atoms with Gasteiger partial charge in [-0.2, -0.15) is 0 Å². The van der Waals surface area contributed by atoms with Crippen LogP contribution in [0.4, 0.5) is 0 Å². The second kappa shape index (κ2) is 5.43. The van der Waals surface area contributed by atoms with Crippen molar-refractivity contribution in [3.05, 3.63) is 46.4 Å². The van der Waals surface area contributed by atoms with Gasteiger partial charge in [-0.3, -0.25) is 0 Å². The Morgan fingerprint density at radius 3 is 2.74 bits per heavy atom. The van der Waals surface area contributed by atoms with Crippen LogP contribution in [0.2, 0.25) is 0 Å². The maximum Gasteiger partial charge on any atom is 0.231 e. The lowest BCUT2D eigenvalue weighted by atomic mass is 10.2. The van der Waals surface area contributed by atoms with Crippen LogP contribution in [0, 0.1) is 0 Å². The molecule has 1 heterocycles. The topological polar surface area (TPSA) is 27.7 Å². The molecule has 0 aromatic heterocycles. The highest BCUT2D eigenvalue weighted by Crippen LogP contribution is 2.37. The zero-order valence-electron chi connectivity index (χ0n) is 9.86. The van der Waals surface area contributed by atoms with Gasteiger partial charge < -0.3 is 14.2 Å². The summed E-state index contributed by atoms with van der Waals surface area (Å²) >= 11 is 6.91. The highest BCUT2D eigenvalue weighted by atomic mass is 79.9. The predicted octanol–water partition coefficient (Wildman–Crippen LogP) is 4.87. The fourth-order valence-corrected chi connectivity index (χ4v) is 2.67. The number of hydrogen-bond donors (Lipinski definition) is 0. The minimum Gasteiger partial charge on any atom is -0.457 e. The van der Waals surface area contributed by atoms with Gasteiger partial charge in [-0.15, -0.1) is 0 Å². The monoisotopic (exact) mass is 384 g/mol. The van der Waals surface area contributed by atoms with Crippen LogP contribution in [0.3, 0.4) is 0 Å². The minimum absolute atomic E-state index is 0.268. The van der Waals surface area contributed by atoms with Crippen molar-refractivity contribution in [2.45, 2.75) is 5.33 Å². The number of fused-ring (bicyclic) bond motifs is 1. The van der Waals surface area contributed by atoms with Gasteiger partial charge in [0.2, 0.25) is 6.79 Å². The predicted molar refractivity (Wildman–Crippen MR) is 79.4 cm³/mol. The highest BCUT2D eigenvalue weighted by Gasteiger charge is 2.14. The summed E-state index contributed by atoms with van der Waals surface area (Å²) in [5, 5.41) is 0.728. The standard InChI is InChI=1S/C14H10Br2O3/c15-7-9-5-10(16)1-3-12(9)19-11-2-4-13-14(6-11)18-8-17-13/h1-6H,7-8H2. The van der Waals surface area contributed by atoms with E-state index >= 15 is 0 Å². The lowest BCUT2D eigenvalue weighted by Gasteiger charge is -2.10. The molecular formula is C14H10Br2O3. The van der Waals surface area contributed by atoms with Crippen molar-refractivity contribution in [2.75, 3.05) is 6.79 Å². The van der Waals surface area contributed by atoms with E-state index in [4.69, 9.17) is 14.2 Å². The second-order valence-corrected chi connectivity index (χ2v) is 5.48. The summed E-state index contributed by atoms with van der Waals surface area (Å²) in [6.07, 6.45) is 0. The van der Waals surface area contributed by atoms with E-state index in [-0.39, 0.29) is 6.79 Å². The molecule has 0 spiro atoms. The Morgan fingerprint density at radius 1 is 1.05 bits per heavy atom. The first-order valence-electron chi connectivity index (χ1n) is 5.68. The molecular weight excluding hydrogens is 376 g/mol. The van der Waals surface area contributed by atoms with Crippen LogP contribution < -0.4 is 14.2 Å².